The largest absolute Gasteiger partial charge is 0.508 e. The summed E-state index contributed by atoms with van der Waals surface area (Å²) in [5, 5.41) is 22.1. The Labute approximate surface area is 140 Å². The summed E-state index contributed by atoms with van der Waals surface area (Å²) < 4.78 is 10.7. The van der Waals surface area contributed by atoms with Crippen LogP contribution in [0.15, 0.2) is 42.5 Å². The molecule has 0 saturated heterocycles. The Hall–Kier alpha value is -2.57. The van der Waals surface area contributed by atoms with Crippen LogP contribution in [-0.4, -0.2) is 42.5 Å². The van der Waals surface area contributed by atoms with Crippen molar-refractivity contribution in [3.05, 3.63) is 53.6 Å². The van der Waals surface area contributed by atoms with E-state index < -0.39 is 0 Å². The predicted molar refractivity (Wildman–Crippen MR) is 89.6 cm³/mol. The molecule has 0 fully saturated rings. The van der Waals surface area contributed by atoms with E-state index in [0.717, 1.165) is 6.07 Å². The maximum atomic E-state index is 12.3. The molecular formula is C18H21NO5. The van der Waals surface area contributed by atoms with Crippen molar-refractivity contribution in [3.63, 3.8) is 0 Å². The third-order valence-corrected chi connectivity index (χ3v) is 3.30. The molecule has 0 unspecified atom stereocenters. The molecule has 2 aromatic carbocycles. The standard InChI is InChI=1S/C18H21NO5/c1-2-23-12-19-9-10-24-15-6-3-13(4-7-15)18(22)16-8-5-14(20)11-17(16)21/h3-8,11,19-21H,2,9-10,12H2,1H3. The summed E-state index contributed by atoms with van der Waals surface area (Å²) in [5.74, 6) is -0.0106. The lowest BCUT2D eigenvalue weighted by molar-refractivity contribution is 0.103. The molecule has 0 amide bonds. The lowest BCUT2D eigenvalue weighted by Crippen LogP contribution is -2.23. The quantitative estimate of drug-likeness (QED) is 0.371. The van der Waals surface area contributed by atoms with Crippen molar-refractivity contribution in [1.82, 2.24) is 5.32 Å². The molecule has 0 aliphatic rings. The van der Waals surface area contributed by atoms with Crippen molar-refractivity contribution in [2.75, 3.05) is 26.5 Å². The van der Waals surface area contributed by atoms with Crippen LogP contribution in [0.1, 0.15) is 22.8 Å². The van der Waals surface area contributed by atoms with E-state index in [1.54, 1.807) is 24.3 Å². The molecular weight excluding hydrogens is 310 g/mol. The molecule has 0 bridgehead atoms. The Balaban J connectivity index is 1.90. The van der Waals surface area contributed by atoms with Crippen LogP contribution < -0.4 is 10.1 Å². The van der Waals surface area contributed by atoms with Crippen LogP contribution in [0.2, 0.25) is 0 Å². The minimum Gasteiger partial charge on any atom is -0.508 e. The fraction of sp³-hybridized carbons (Fsp3) is 0.278. The van der Waals surface area contributed by atoms with Crippen LogP contribution in [0.3, 0.4) is 0 Å². The minimum atomic E-state index is -0.322. The molecule has 0 aliphatic heterocycles. The van der Waals surface area contributed by atoms with Crippen LogP contribution in [0.25, 0.3) is 0 Å². The van der Waals surface area contributed by atoms with Crippen molar-refractivity contribution in [1.29, 1.82) is 0 Å². The minimum absolute atomic E-state index is 0.0919. The zero-order valence-corrected chi connectivity index (χ0v) is 13.5. The first-order valence-corrected chi connectivity index (χ1v) is 7.70. The summed E-state index contributed by atoms with van der Waals surface area (Å²) in [5.41, 5.74) is 0.569. The van der Waals surface area contributed by atoms with Gasteiger partial charge < -0.3 is 19.7 Å². The second-order valence-corrected chi connectivity index (χ2v) is 5.04. The Morgan fingerprint density at radius 1 is 1.12 bits per heavy atom. The van der Waals surface area contributed by atoms with E-state index in [1.807, 2.05) is 6.92 Å². The van der Waals surface area contributed by atoms with E-state index in [0.29, 0.717) is 37.8 Å². The first kappa shape index (κ1) is 17.8. The van der Waals surface area contributed by atoms with E-state index in [2.05, 4.69) is 5.32 Å². The summed E-state index contributed by atoms with van der Waals surface area (Å²) in [4.78, 5) is 12.3. The zero-order chi connectivity index (χ0) is 17.4. The van der Waals surface area contributed by atoms with Gasteiger partial charge in [0.2, 0.25) is 0 Å². The second-order valence-electron chi connectivity index (χ2n) is 5.04. The second kappa shape index (κ2) is 8.90. The molecule has 0 aromatic heterocycles. The molecule has 0 heterocycles. The van der Waals surface area contributed by atoms with Crippen molar-refractivity contribution >= 4 is 5.78 Å². The number of ketones is 1. The van der Waals surface area contributed by atoms with E-state index in [9.17, 15) is 15.0 Å². The average molecular weight is 331 g/mol. The topological polar surface area (TPSA) is 88.0 Å². The maximum Gasteiger partial charge on any atom is 0.196 e. The van der Waals surface area contributed by atoms with Gasteiger partial charge in [-0.1, -0.05) is 0 Å². The number of benzene rings is 2. The fourth-order valence-electron chi connectivity index (χ4n) is 2.06. The van der Waals surface area contributed by atoms with Gasteiger partial charge >= 0.3 is 0 Å². The third kappa shape index (κ3) is 4.97. The van der Waals surface area contributed by atoms with Crippen LogP contribution in [-0.2, 0) is 4.74 Å². The molecule has 6 heteroatoms. The SMILES string of the molecule is CCOCNCCOc1ccc(C(=O)c2ccc(O)cc2O)cc1. The number of phenolic OH excluding ortho intramolecular Hbond substituents is 2. The van der Waals surface area contributed by atoms with Gasteiger partial charge in [0.15, 0.2) is 5.78 Å². The highest BCUT2D eigenvalue weighted by Gasteiger charge is 2.14. The van der Waals surface area contributed by atoms with Crippen molar-refractivity contribution in [3.8, 4) is 17.2 Å². The van der Waals surface area contributed by atoms with Gasteiger partial charge in [0, 0.05) is 24.8 Å². The Kier molecular flexibility index (Phi) is 6.60. The van der Waals surface area contributed by atoms with Crippen LogP contribution in [0.5, 0.6) is 17.2 Å². The number of carbonyl (C=O) groups is 1. The number of rotatable bonds is 9. The molecule has 2 aromatic rings. The summed E-state index contributed by atoms with van der Waals surface area (Å²) in [7, 11) is 0. The van der Waals surface area contributed by atoms with Gasteiger partial charge in [-0.15, -0.1) is 0 Å². The summed E-state index contributed by atoms with van der Waals surface area (Å²) in [6.45, 7) is 4.23. The summed E-state index contributed by atoms with van der Waals surface area (Å²) >= 11 is 0. The summed E-state index contributed by atoms with van der Waals surface area (Å²) in [6, 6.07) is 10.6. The molecule has 24 heavy (non-hydrogen) atoms. The number of ether oxygens (including phenoxy) is 2. The number of phenols is 2. The smallest absolute Gasteiger partial charge is 0.196 e. The number of hydrogen-bond donors (Lipinski definition) is 3. The van der Waals surface area contributed by atoms with Gasteiger partial charge in [-0.05, 0) is 43.3 Å². The van der Waals surface area contributed by atoms with Crippen LogP contribution in [0, 0.1) is 0 Å². The lowest BCUT2D eigenvalue weighted by atomic mass is 10.0. The van der Waals surface area contributed by atoms with Crippen molar-refractivity contribution < 1.29 is 24.5 Å². The molecule has 3 N–H and O–H groups in total. The van der Waals surface area contributed by atoms with E-state index >= 15 is 0 Å². The van der Waals surface area contributed by atoms with Gasteiger partial charge in [0.25, 0.3) is 0 Å². The zero-order valence-electron chi connectivity index (χ0n) is 13.5. The highest BCUT2D eigenvalue weighted by atomic mass is 16.5. The van der Waals surface area contributed by atoms with E-state index in [4.69, 9.17) is 9.47 Å². The van der Waals surface area contributed by atoms with Crippen molar-refractivity contribution in [2.24, 2.45) is 0 Å². The molecule has 0 aliphatic carbocycles. The number of carbonyl (C=O) groups excluding carboxylic acids is 1. The highest BCUT2D eigenvalue weighted by Crippen LogP contribution is 2.25. The number of hydrogen-bond acceptors (Lipinski definition) is 6. The maximum absolute atomic E-state index is 12.3. The molecule has 128 valence electrons. The van der Waals surface area contributed by atoms with Crippen LogP contribution >= 0.6 is 0 Å². The predicted octanol–water partition coefficient (Wildman–Crippen LogP) is 2.29. The monoisotopic (exact) mass is 331 g/mol. The van der Waals surface area contributed by atoms with E-state index in [-0.39, 0.29) is 22.8 Å². The molecule has 2 rings (SSSR count). The van der Waals surface area contributed by atoms with Gasteiger partial charge in [0.1, 0.15) is 23.9 Å². The summed E-state index contributed by atoms with van der Waals surface area (Å²) in [6.07, 6.45) is 0. The van der Waals surface area contributed by atoms with Gasteiger partial charge in [-0.3, -0.25) is 10.1 Å². The van der Waals surface area contributed by atoms with Crippen LogP contribution in [0.4, 0.5) is 0 Å². The van der Waals surface area contributed by atoms with Gasteiger partial charge in [0.05, 0.1) is 12.3 Å². The molecule has 0 spiro atoms. The molecule has 0 atom stereocenters. The van der Waals surface area contributed by atoms with Crippen molar-refractivity contribution in [2.45, 2.75) is 6.92 Å². The molecule has 0 radical (unpaired) electrons. The fourth-order valence-corrected chi connectivity index (χ4v) is 2.06. The average Bonchev–Trinajstić information content (AvgIpc) is 2.58. The Bertz CT molecular complexity index is 670. The molecule has 0 saturated carbocycles. The molecule has 6 nitrogen and oxygen atoms in total. The van der Waals surface area contributed by atoms with Gasteiger partial charge in [-0.2, -0.15) is 0 Å². The Morgan fingerprint density at radius 2 is 1.88 bits per heavy atom. The number of nitrogens with one attached hydrogen (secondary N) is 1. The Morgan fingerprint density at radius 3 is 2.54 bits per heavy atom. The third-order valence-electron chi connectivity index (χ3n) is 3.30. The first-order valence-electron chi connectivity index (χ1n) is 7.70. The van der Waals surface area contributed by atoms with Gasteiger partial charge in [-0.25, -0.2) is 0 Å². The normalized spacial score (nSPS) is 10.5. The lowest BCUT2D eigenvalue weighted by Gasteiger charge is -2.09. The number of aromatic hydroxyl groups is 2. The highest BCUT2D eigenvalue weighted by molar-refractivity contribution is 6.10. The first-order chi connectivity index (χ1) is 11.6. The van der Waals surface area contributed by atoms with E-state index in [1.165, 1.54) is 12.1 Å².